The minimum atomic E-state index is -0.753. The molecule has 0 spiro atoms. The topological polar surface area (TPSA) is 64.4 Å². The van der Waals surface area contributed by atoms with Crippen molar-refractivity contribution < 1.29 is 9.59 Å². The average Bonchev–Trinajstić information content (AvgIpc) is 3.14. The first-order valence-corrected chi connectivity index (χ1v) is 7.57. The van der Waals surface area contributed by atoms with E-state index in [0.717, 1.165) is 12.8 Å². The molecule has 2 aliphatic carbocycles. The van der Waals surface area contributed by atoms with E-state index in [-0.39, 0.29) is 17.7 Å². The van der Waals surface area contributed by atoms with Crippen molar-refractivity contribution in [1.82, 2.24) is 9.80 Å². The first-order chi connectivity index (χ1) is 9.57. The lowest BCUT2D eigenvalue weighted by Crippen LogP contribution is -2.55. The lowest BCUT2D eigenvalue weighted by Gasteiger charge is -2.41. The molecule has 20 heavy (non-hydrogen) atoms. The Morgan fingerprint density at radius 2 is 1.70 bits per heavy atom. The highest BCUT2D eigenvalue weighted by Gasteiger charge is 2.48. The zero-order valence-corrected chi connectivity index (χ0v) is 12.0. The van der Waals surface area contributed by atoms with Gasteiger partial charge in [-0.15, -0.1) is 0 Å². The number of piperazine rings is 1. The van der Waals surface area contributed by atoms with E-state index in [1.807, 2.05) is 4.90 Å². The maximum atomic E-state index is 12.4. The SMILES string of the molecule is C[C@H]1C[C@H]1C(=O)N1CCN(C(=O)C2(C#N)CCC2)CC1. The van der Waals surface area contributed by atoms with Crippen LogP contribution in [0.2, 0.25) is 0 Å². The van der Waals surface area contributed by atoms with Crippen molar-refractivity contribution in [2.24, 2.45) is 17.3 Å². The molecule has 3 fully saturated rings. The summed E-state index contributed by atoms with van der Waals surface area (Å²) in [5.41, 5.74) is -0.753. The molecular formula is C15H21N3O2. The van der Waals surface area contributed by atoms with Gasteiger partial charge in [-0.2, -0.15) is 5.26 Å². The molecular weight excluding hydrogens is 254 g/mol. The predicted octanol–water partition coefficient (Wildman–Crippen LogP) is 1.01. The number of amides is 2. The van der Waals surface area contributed by atoms with Crippen molar-refractivity contribution in [2.75, 3.05) is 26.2 Å². The molecule has 2 amide bonds. The van der Waals surface area contributed by atoms with E-state index in [2.05, 4.69) is 13.0 Å². The van der Waals surface area contributed by atoms with Crippen molar-refractivity contribution in [1.29, 1.82) is 5.26 Å². The molecule has 0 N–H and O–H groups in total. The number of nitriles is 1. The van der Waals surface area contributed by atoms with Gasteiger partial charge in [0.05, 0.1) is 6.07 Å². The van der Waals surface area contributed by atoms with Crippen LogP contribution < -0.4 is 0 Å². The Morgan fingerprint density at radius 1 is 1.15 bits per heavy atom. The first-order valence-electron chi connectivity index (χ1n) is 7.57. The normalized spacial score (nSPS) is 31.2. The summed E-state index contributed by atoms with van der Waals surface area (Å²) in [6.45, 7) is 4.50. The maximum absolute atomic E-state index is 12.4. The van der Waals surface area contributed by atoms with E-state index in [1.165, 1.54) is 0 Å². The van der Waals surface area contributed by atoms with Gasteiger partial charge in [-0.1, -0.05) is 6.92 Å². The van der Waals surface area contributed by atoms with Crippen LogP contribution in [0.5, 0.6) is 0 Å². The van der Waals surface area contributed by atoms with Crippen molar-refractivity contribution in [3.63, 3.8) is 0 Å². The molecule has 2 saturated carbocycles. The van der Waals surface area contributed by atoms with Crippen LogP contribution in [-0.4, -0.2) is 47.8 Å². The molecule has 108 valence electrons. The molecule has 0 aromatic heterocycles. The van der Waals surface area contributed by atoms with Gasteiger partial charge >= 0.3 is 0 Å². The van der Waals surface area contributed by atoms with Crippen molar-refractivity contribution >= 4 is 11.8 Å². The molecule has 0 radical (unpaired) electrons. The Bertz CT molecular complexity index is 470. The van der Waals surface area contributed by atoms with Gasteiger partial charge in [0, 0.05) is 32.1 Å². The molecule has 0 aromatic rings. The van der Waals surface area contributed by atoms with Crippen LogP contribution in [0, 0.1) is 28.6 Å². The van der Waals surface area contributed by atoms with Crippen LogP contribution in [0.25, 0.3) is 0 Å². The Labute approximate surface area is 119 Å². The molecule has 1 saturated heterocycles. The van der Waals surface area contributed by atoms with E-state index in [1.54, 1.807) is 4.90 Å². The number of hydrogen-bond donors (Lipinski definition) is 0. The Morgan fingerprint density at radius 3 is 2.10 bits per heavy atom. The molecule has 0 unspecified atom stereocenters. The minimum absolute atomic E-state index is 0.0156. The van der Waals surface area contributed by atoms with Gasteiger partial charge in [0.2, 0.25) is 11.8 Å². The number of rotatable bonds is 2. The third-order valence-electron chi connectivity index (χ3n) is 5.14. The second-order valence-corrected chi connectivity index (χ2v) is 6.48. The summed E-state index contributed by atoms with van der Waals surface area (Å²) in [4.78, 5) is 28.2. The summed E-state index contributed by atoms with van der Waals surface area (Å²) in [7, 11) is 0. The molecule has 3 aliphatic rings. The number of carbonyl (C=O) groups excluding carboxylic acids is 2. The Balaban J connectivity index is 1.55. The van der Waals surface area contributed by atoms with Gasteiger partial charge in [0.15, 0.2) is 0 Å². The van der Waals surface area contributed by atoms with Crippen molar-refractivity contribution in [3.8, 4) is 6.07 Å². The van der Waals surface area contributed by atoms with Crippen LogP contribution in [0.4, 0.5) is 0 Å². The largest absolute Gasteiger partial charge is 0.339 e. The summed E-state index contributed by atoms with van der Waals surface area (Å²) in [5.74, 6) is 0.981. The molecule has 3 rings (SSSR count). The van der Waals surface area contributed by atoms with E-state index in [9.17, 15) is 14.9 Å². The molecule has 5 nitrogen and oxygen atoms in total. The zero-order valence-electron chi connectivity index (χ0n) is 12.0. The van der Waals surface area contributed by atoms with Crippen LogP contribution >= 0.6 is 0 Å². The summed E-state index contributed by atoms with van der Waals surface area (Å²) < 4.78 is 0. The third-order valence-corrected chi connectivity index (χ3v) is 5.14. The minimum Gasteiger partial charge on any atom is -0.339 e. The average molecular weight is 275 g/mol. The Kier molecular flexibility index (Phi) is 3.19. The van der Waals surface area contributed by atoms with Crippen LogP contribution in [0.15, 0.2) is 0 Å². The van der Waals surface area contributed by atoms with E-state index < -0.39 is 5.41 Å². The molecule has 5 heteroatoms. The predicted molar refractivity (Wildman–Crippen MR) is 72.3 cm³/mol. The number of hydrogen-bond acceptors (Lipinski definition) is 3. The van der Waals surface area contributed by atoms with Crippen molar-refractivity contribution in [2.45, 2.75) is 32.6 Å². The maximum Gasteiger partial charge on any atom is 0.243 e. The van der Waals surface area contributed by atoms with E-state index in [0.29, 0.717) is 44.9 Å². The first kappa shape index (κ1) is 13.4. The standard InChI is InChI=1S/C15H21N3O2/c1-11-9-12(11)13(19)17-5-7-18(8-6-17)14(20)15(10-16)3-2-4-15/h11-12H,2-9H2,1H3/t11-,12+/m0/s1. The molecule has 2 atom stereocenters. The number of carbonyl (C=O) groups is 2. The lowest BCUT2D eigenvalue weighted by atomic mass is 9.69. The lowest BCUT2D eigenvalue weighted by molar-refractivity contribution is -0.148. The van der Waals surface area contributed by atoms with Crippen LogP contribution in [-0.2, 0) is 9.59 Å². The van der Waals surface area contributed by atoms with Gasteiger partial charge in [-0.3, -0.25) is 9.59 Å². The quantitative estimate of drug-likeness (QED) is 0.755. The fraction of sp³-hybridized carbons (Fsp3) is 0.800. The highest BCUT2D eigenvalue weighted by molar-refractivity contribution is 5.87. The summed E-state index contributed by atoms with van der Waals surface area (Å²) in [5, 5.41) is 9.23. The van der Waals surface area contributed by atoms with E-state index >= 15 is 0 Å². The highest BCUT2D eigenvalue weighted by atomic mass is 16.2. The summed E-state index contributed by atoms with van der Waals surface area (Å²) in [6.07, 6.45) is 3.37. The van der Waals surface area contributed by atoms with Gasteiger partial charge in [0.25, 0.3) is 0 Å². The van der Waals surface area contributed by atoms with E-state index in [4.69, 9.17) is 0 Å². The summed E-state index contributed by atoms with van der Waals surface area (Å²) in [6, 6.07) is 2.21. The van der Waals surface area contributed by atoms with Crippen LogP contribution in [0.3, 0.4) is 0 Å². The second kappa shape index (κ2) is 4.76. The van der Waals surface area contributed by atoms with Crippen LogP contribution in [0.1, 0.15) is 32.6 Å². The van der Waals surface area contributed by atoms with Gasteiger partial charge < -0.3 is 9.80 Å². The smallest absolute Gasteiger partial charge is 0.243 e. The summed E-state index contributed by atoms with van der Waals surface area (Å²) >= 11 is 0. The van der Waals surface area contributed by atoms with Gasteiger partial charge in [-0.25, -0.2) is 0 Å². The molecule has 1 aliphatic heterocycles. The van der Waals surface area contributed by atoms with Crippen molar-refractivity contribution in [3.05, 3.63) is 0 Å². The molecule has 0 bridgehead atoms. The monoisotopic (exact) mass is 275 g/mol. The molecule has 0 aromatic carbocycles. The zero-order chi connectivity index (χ0) is 14.3. The fourth-order valence-corrected chi connectivity index (χ4v) is 3.24. The molecule has 1 heterocycles. The number of nitrogens with zero attached hydrogens (tertiary/aromatic N) is 3. The fourth-order valence-electron chi connectivity index (χ4n) is 3.24. The van der Waals surface area contributed by atoms with Gasteiger partial charge in [0.1, 0.15) is 5.41 Å². The second-order valence-electron chi connectivity index (χ2n) is 6.48. The highest BCUT2D eigenvalue weighted by Crippen LogP contribution is 2.42. The third kappa shape index (κ3) is 2.07. The Hall–Kier alpha value is -1.57. The van der Waals surface area contributed by atoms with Gasteiger partial charge in [-0.05, 0) is 31.6 Å².